The number of ketones is 1. The van der Waals surface area contributed by atoms with Gasteiger partial charge in [-0.05, 0) is 56.7 Å². The number of hydrogen-bond acceptors (Lipinski definition) is 4. The number of rotatable bonds is 5. The molecule has 0 saturated carbocycles. The molecule has 0 amide bonds. The molecule has 0 bridgehead atoms. The number of aliphatic hydroxyl groups is 1. The summed E-state index contributed by atoms with van der Waals surface area (Å²) in [5, 5.41) is 14.5. The lowest BCUT2D eigenvalue weighted by atomic mass is 9.78. The van der Waals surface area contributed by atoms with Gasteiger partial charge in [-0.3, -0.25) is 4.79 Å². The van der Waals surface area contributed by atoms with Gasteiger partial charge in [-0.1, -0.05) is 29.8 Å². The van der Waals surface area contributed by atoms with E-state index >= 15 is 0 Å². The maximum Gasteiger partial charge on any atom is 0.168 e. The van der Waals surface area contributed by atoms with Gasteiger partial charge < -0.3 is 9.94 Å². The van der Waals surface area contributed by atoms with Crippen molar-refractivity contribution in [2.75, 3.05) is 6.61 Å². The van der Waals surface area contributed by atoms with Crippen LogP contribution in [-0.2, 0) is 9.63 Å². The van der Waals surface area contributed by atoms with Crippen LogP contribution in [0, 0.1) is 20.8 Å². The second kappa shape index (κ2) is 7.65. The fraction of sp³-hybridized carbons (Fsp3) is 0.500. The monoisotopic (exact) mass is 329 g/mol. The minimum absolute atomic E-state index is 0.0204. The van der Waals surface area contributed by atoms with Crippen LogP contribution in [0.15, 0.2) is 28.6 Å². The standard InChI is InChI=1S/C20H27NO3/c1-6-16(21-24-7-2)20-17(22)10-15(11-18(20)23)19-13(4)8-12(3)9-14(19)5/h8-9,15,22H,6-7,10-11H2,1-5H3/b21-16-/t15-/m1/s1. The van der Waals surface area contributed by atoms with E-state index in [1.807, 2.05) is 13.8 Å². The quantitative estimate of drug-likeness (QED) is 0.630. The Labute approximate surface area is 144 Å². The molecule has 1 aliphatic rings. The van der Waals surface area contributed by atoms with Crippen LogP contribution >= 0.6 is 0 Å². The minimum Gasteiger partial charge on any atom is -0.511 e. The van der Waals surface area contributed by atoms with Gasteiger partial charge in [0.15, 0.2) is 5.78 Å². The number of allylic oxidation sites excluding steroid dienone is 2. The number of benzene rings is 1. The second-order valence-corrected chi connectivity index (χ2v) is 6.47. The molecule has 0 aromatic heterocycles. The van der Waals surface area contributed by atoms with E-state index in [-0.39, 0.29) is 17.5 Å². The Morgan fingerprint density at radius 1 is 1.21 bits per heavy atom. The van der Waals surface area contributed by atoms with Gasteiger partial charge in [0.2, 0.25) is 0 Å². The Hall–Kier alpha value is -2.10. The van der Waals surface area contributed by atoms with Gasteiger partial charge in [0.1, 0.15) is 12.4 Å². The van der Waals surface area contributed by atoms with Gasteiger partial charge in [-0.25, -0.2) is 0 Å². The van der Waals surface area contributed by atoms with E-state index in [1.165, 1.54) is 22.3 Å². The zero-order valence-corrected chi connectivity index (χ0v) is 15.3. The third kappa shape index (κ3) is 3.69. The smallest absolute Gasteiger partial charge is 0.168 e. The van der Waals surface area contributed by atoms with E-state index in [0.717, 1.165) is 0 Å². The summed E-state index contributed by atoms with van der Waals surface area (Å²) >= 11 is 0. The molecule has 4 nitrogen and oxygen atoms in total. The number of aliphatic hydroxyl groups excluding tert-OH is 1. The molecule has 1 atom stereocenters. The molecule has 0 spiro atoms. The van der Waals surface area contributed by atoms with Crippen LogP contribution in [0.25, 0.3) is 0 Å². The molecule has 1 aliphatic carbocycles. The van der Waals surface area contributed by atoms with Gasteiger partial charge >= 0.3 is 0 Å². The first-order chi connectivity index (χ1) is 11.4. The maximum atomic E-state index is 12.7. The first kappa shape index (κ1) is 18.2. The molecule has 24 heavy (non-hydrogen) atoms. The van der Waals surface area contributed by atoms with Gasteiger partial charge in [0.25, 0.3) is 0 Å². The first-order valence-electron chi connectivity index (χ1n) is 8.61. The average molecular weight is 329 g/mol. The Balaban J connectivity index is 2.38. The van der Waals surface area contributed by atoms with Crippen LogP contribution in [0.3, 0.4) is 0 Å². The molecule has 1 aromatic rings. The number of nitrogens with zero attached hydrogens (tertiary/aromatic N) is 1. The first-order valence-corrected chi connectivity index (χ1v) is 8.61. The third-order valence-electron chi connectivity index (χ3n) is 4.51. The van der Waals surface area contributed by atoms with Gasteiger partial charge in [-0.15, -0.1) is 0 Å². The highest BCUT2D eigenvalue weighted by molar-refractivity contribution is 6.23. The lowest BCUT2D eigenvalue weighted by Gasteiger charge is -2.27. The number of hydrogen-bond donors (Lipinski definition) is 1. The topological polar surface area (TPSA) is 58.9 Å². The van der Waals surface area contributed by atoms with Crippen LogP contribution in [0.4, 0.5) is 0 Å². The van der Waals surface area contributed by atoms with Crippen molar-refractivity contribution in [3.63, 3.8) is 0 Å². The van der Waals surface area contributed by atoms with Crippen LogP contribution in [-0.4, -0.2) is 23.2 Å². The summed E-state index contributed by atoms with van der Waals surface area (Å²) in [6.45, 7) is 10.4. The summed E-state index contributed by atoms with van der Waals surface area (Å²) in [5.74, 6) is 0.103. The van der Waals surface area contributed by atoms with Crippen molar-refractivity contribution in [1.29, 1.82) is 0 Å². The SMILES string of the molecule is CCO/N=C(/CC)C1=C(O)C[C@@H](c2c(C)cc(C)cc2C)CC1=O. The summed E-state index contributed by atoms with van der Waals surface area (Å²) in [7, 11) is 0. The van der Waals surface area contributed by atoms with Crippen molar-refractivity contribution in [3.05, 3.63) is 45.7 Å². The van der Waals surface area contributed by atoms with Gasteiger partial charge in [-0.2, -0.15) is 0 Å². The zero-order chi connectivity index (χ0) is 17.9. The number of carbonyl (C=O) groups excluding carboxylic acids is 1. The molecule has 0 fully saturated rings. The van der Waals surface area contributed by atoms with Crippen molar-refractivity contribution in [2.24, 2.45) is 5.16 Å². The second-order valence-electron chi connectivity index (χ2n) is 6.47. The van der Waals surface area contributed by atoms with Crippen molar-refractivity contribution < 1.29 is 14.7 Å². The largest absolute Gasteiger partial charge is 0.511 e. The number of aryl methyl sites for hydroxylation is 3. The zero-order valence-electron chi connectivity index (χ0n) is 15.3. The Bertz CT molecular complexity index is 678. The molecule has 130 valence electrons. The van der Waals surface area contributed by atoms with Gasteiger partial charge in [0.05, 0.1) is 11.3 Å². The summed E-state index contributed by atoms with van der Waals surface area (Å²) < 4.78 is 0. The van der Waals surface area contributed by atoms with Gasteiger partial charge in [0, 0.05) is 12.8 Å². The van der Waals surface area contributed by atoms with E-state index in [4.69, 9.17) is 4.84 Å². The third-order valence-corrected chi connectivity index (χ3v) is 4.51. The molecule has 1 aromatic carbocycles. The summed E-state index contributed by atoms with van der Waals surface area (Å²) in [6.07, 6.45) is 1.42. The highest BCUT2D eigenvalue weighted by Crippen LogP contribution is 2.37. The lowest BCUT2D eigenvalue weighted by Crippen LogP contribution is -2.24. The predicted octanol–water partition coefficient (Wildman–Crippen LogP) is 4.67. The van der Waals surface area contributed by atoms with Crippen LogP contribution in [0.1, 0.15) is 61.3 Å². The van der Waals surface area contributed by atoms with Crippen LogP contribution < -0.4 is 0 Å². The molecule has 1 N–H and O–H groups in total. The van der Waals surface area contributed by atoms with Crippen molar-refractivity contribution >= 4 is 11.5 Å². The lowest BCUT2D eigenvalue weighted by molar-refractivity contribution is -0.116. The highest BCUT2D eigenvalue weighted by atomic mass is 16.6. The molecule has 0 unspecified atom stereocenters. The highest BCUT2D eigenvalue weighted by Gasteiger charge is 2.32. The average Bonchev–Trinajstić information content (AvgIpc) is 2.48. The molecule has 0 saturated heterocycles. The molecule has 0 aliphatic heterocycles. The number of carbonyl (C=O) groups is 1. The Morgan fingerprint density at radius 2 is 1.83 bits per heavy atom. The molecule has 4 heteroatoms. The van der Waals surface area contributed by atoms with Crippen molar-refractivity contribution in [1.82, 2.24) is 0 Å². The maximum absolute atomic E-state index is 12.7. The predicted molar refractivity (Wildman–Crippen MR) is 96.6 cm³/mol. The number of oxime groups is 1. The van der Waals surface area contributed by atoms with Crippen molar-refractivity contribution in [2.45, 2.75) is 59.8 Å². The van der Waals surface area contributed by atoms with E-state index < -0.39 is 0 Å². The number of Topliss-reactive ketones (excluding diaryl/α,β-unsaturated/α-hetero) is 1. The Kier molecular flexibility index (Phi) is 5.81. The fourth-order valence-corrected chi connectivity index (χ4v) is 3.69. The molecule has 0 radical (unpaired) electrons. The summed E-state index contributed by atoms with van der Waals surface area (Å²) in [4.78, 5) is 17.8. The van der Waals surface area contributed by atoms with Crippen molar-refractivity contribution in [3.8, 4) is 0 Å². The van der Waals surface area contributed by atoms with E-state index in [0.29, 0.717) is 37.2 Å². The molecule has 2 rings (SSSR count). The fourth-order valence-electron chi connectivity index (χ4n) is 3.69. The van der Waals surface area contributed by atoms with E-state index in [9.17, 15) is 9.90 Å². The van der Waals surface area contributed by atoms with Crippen LogP contribution in [0.2, 0.25) is 0 Å². The minimum atomic E-state index is -0.0524. The molecular weight excluding hydrogens is 302 g/mol. The normalized spacial score (nSPS) is 19.0. The van der Waals surface area contributed by atoms with Crippen LogP contribution in [0.5, 0.6) is 0 Å². The van der Waals surface area contributed by atoms with E-state index in [1.54, 1.807) is 0 Å². The van der Waals surface area contributed by atoms with E-state index in [2.05, 4.69) is 38.1 Å². The summed E-state index contributed by atoms with van der Waals surface area (Å²) in [6, 6.07) is 4.27. The molecule has 0 heterocycles. The Morgan fingerprint density at radius 3 is 2.33 bits per heavy atom. The molecular formula is C20H27NO3. The summed E-state index contributed by atoms with van der Waals surface area (Å²) in [5.41, 5.74) is 5.65.